The summed E-state index contributed by atoms with van der Waals surface area (Å²) in [4.78, 5) is 4.93. The number of hydrogen-bond donors (Lipinski definition) is 1. The van der Waals surface area contributed by atoms with E-state index in [1.165, 1.54) is 24.2 Å². The minimum atomic E-state index is -0.379. The van der Waals surface area contributed by atoms with Crippen LogP contribution in [0.15, 0.2) is 6.20 Å². The van der Waals surface area contributed by atoms with Crippen molar-refractivity contribution in [1.29, 1.82) is 0 Å². The molecule has 2 nitrogen and oxygen atoms in total. The van der Waals surface area contributed by atoms with E-state index in [2.05, 4.69) is 10.3 Å². The topological polar surface area (TPSA) is 24.9 Å². The Bertz CT molecular complexity index is 268. The Balaban J connectivity index is 1.92. The van der Waals surface area contributed by atoms with E-state index in [-0.39, 0.29) is 6.67 Å². The van der Waals surface area contributed by atoms with Gasteiger partial charge in [0.1, 0.15) is 6.67 Å². The molecule has 1 fully saturated rings. The second-order valence-electron chi connectivity index (χ2n) is 3.35. The zero-order valence-electron chi connectivity index (χ0n) is 7.42. The number of alkyl halides is 1. The summed E-state index contributed by atoms with van der Waals surface area (Å²) < 4.78 is 12.2. The molecule has 1 N–H and O–H groups in total. The van der Waals surface area contributed by atoms with Gasteiger partial charge in [0.2, 0.25) is 0 Å². The third kappa shape index (κ3) is 2.25. The van der Waals surface area contributed by atoms with Gasteiger partial charge in [-0.25, -0.2) is 9.37 Å². The van der Waals surface area contributed by atoms with Crippen LogP contribution in [0.1, 0.15) is 22.7 Å². The summed E-state index contributed by atoms with van der Waals surface area (Å²) >= 11 is 1.49. The van der Waals surface area contributed by atoms with Gasteiger partial charge in [0.25, 0.3) is 0 Å². The number of thiazole rings is 1. The standard InChI is InChI=1S/C9H13FN2S/c10-5-8-6-12-9(13-8)4-7-2-1-3-11-7/h6-7,11H,1-5H2. The third-order valence-electron chi connectivity index (χ3n) is 2.32. The highest BCUT2D eigenvalue weighted by molar-refractivity contribution is 7.11. The van der Waals surface area contributed by atoms with Gasteiger partial charge in [0.05, 0.1) is 9.88 Å². The fourth-order valence-electron chi connectivity index (χ4n) is 1.65. The summed E-state index contributed by atoms with van der Waals surface area (Å²) in [7, 11) is 0. The summed E-state index contributed by atoms with van der Waals surface area (Å²) in [5.74, 6) is 0. The van der Waals surface area contributed by atoms with Crippen LogP contribution < -0.4 is 5.32 Å². The van der Waals surface area contributed by atoms with Gasteiger partial charge in [0, 0.05) is 18.7 Å². The van der Waals surface area contributed by atoms with Crippen LogP contribution in [0.4, 0.5) is 4.39 Å². The smallest absolute Gasteiger partial charge is 0.125 e. The van der Waals surface area contributed by atoms with Gasteiger partial charge in [-0.3, -0.25) is 0 Å². The second-order valence-corrected chi connectivity index (χ2v) is 4.55. The predicted molar refractivity (Wildman–Crippen MR) is 51.7 cm³/mol. The molecule has 1 aliphatic heterocycles. The van der Waals surface area contributed by atoms with E-state index in [4.69, 9.17) is 0 Å². The number of halogens is 1. The molecule has 72 valence electrons. The van der Waals surface area contributed by atoms with Crippen molar-refractivity contribution in [3.05, 3.63) is 16.1 Å². The minimum absolute atomic E-state index is 0.379. The molecular weight excluding hydrogens is 187 g/mol. The maximum atomic E-state index is 12.2. The molecule has 1 unspecified atom stereocenters. The molecular formula is C9H13FN2S. The minimum Gasteiger partial charge on any atom is -0.314 e. The predicted octanol–water partition coefficient (Wildman–Crippen LogP) is 1.91. The Hall–Kier alpha value is -0.480. The summed E-state index contributed by atoms with van der Waals surface area (Å²) in [5.41, 5.74) is 0. The van der Waals surface area contributed by atoms with E-state index >= 15 is 0 Å². The molecule has 1 aliphatic rings. The van der Waals surface area contributed by atoms with E-state index in [1.54, 1.807) is 6.20 Å². The highest BCUT2D eigenvalue weighted by atomic mass is 32.1. The normalized spacial score (nSPS) is 22.4. The Morgan fingerprint density at radius 2 is 2.62 bits per heavy atom. The zero-order chi connectivity index (χ0) is 9.10. The summed E-state index contributed by atoms with van der Waals surface area (Å²) in [6.07, 6.45) is 5.09. The lowest BCUT2D eigenvalue weighted by Crippen LogP contribution is -2.23. The number of aromatic nitrogens is 1. The number of nitrogens with one attached hydrogen (secondary N) is 1. The zero-order valence-corrected chi connectivity index (χ0v) is 8.24. The molecule has 0 spiro atoms. The van der Waals surface area contributed by atoms with Crippen LogP contribution in [-0.2, 0) is 13.1 Å². The van der Waals surface area contributed by atoms with Crippen LogP contribution in [-0.4, -0.2) is 17.6 Å². The molecule has 0 aromatic carbocycles. The second kappa shape index (κ2) is 4.15. The van der Waals surface area contributed by atoms with Crippen LogP contribution in [0.2, 0.25) is 0 Å². The summed E-state index contributed by atoms with van der Waals surface area (Å²) in [6.45, 7) is 0.738. The molecule has 1 aromatic heterocycles. The summed E-state index contributed by atoms with van der Waals surface area (Å²) in [6, 6.07) is 0.568. The quantitative estimate of drug-likeness (QED) is 0.806. The van der Waals surface area contributed by atoms with Crippen LogP contribution in [0.3, 0.4) is 0 Å². The molecule has 4 heteroatoms. The first-order chi connectivity index (χ1) is 6.38. The van der Waals surface area contributed by atoms with Crippen molar-refractivity contribution in [3.8, 4) is 0 Å². The van der Waals surface area contributed by atoms with Gasteiger partial charge >= 0.3 is 0 Å². The lowest BCUT2D eigenvalue weighted by molar-refractivity contribution is 0.491. The van der Waals surface area contributed by atoms with Crippen molar-refractivity contribution < 1.29 is 4.39 Å². The van der Waals surface area contributed by atoms with E-state index in [9.17, 15) is 4.39 Å². The van der Waals surface area contributed by atoms with E-state index < -0.39 is 0 Å². The Kier molecular flexibility index (Phi) is 2.90. The Morgan fingerprint density at radius 3 is 3.23 bits per heavy atom. The first-order valence-electron chi connectivity index (χ1n) is 4.61. The van der Waals surface area contributed by atoms with Gasteiger partial charge in [0.15, 0.2) is 0 Å². The van der Waals surface area contributed by atoms with Gasteiger partial charge in [-0.2, -0.15) is 0 Å². The van der Waals surface area contributed by atoms with Gasteiger partial charge in [-0.05, 0) is 19.4 Å². The molecule has 0 radical (unpaired) electrons. The number of nitrogens with zero attached hydrogens (tertiary/aromatic N) is 1. The van der Waals surface area contributed by atoms with E-state index in [0.717, 1.165) is 22.9 Å². The fraction of sp³-hybridized carbons (Fsp3) is 0.667. The SMILES string of the molecule is FCc1cnc(CC2CCCN2)s1. The molecule has 2 heterocycles. The fourth-order valence-corrected chi connectivity index (χ4v) is 2.50. The van der Waals surface area contributed by atoms with Crippen molar-refractivity contribution in [3.63, 3.8) is 0 Å². The van der Waals surface area contributed by atoms with Gasteiger partial charge in [-0.1, -0.05) is 0 Å². The van der Waals surface area contributed by atoms with Gasteiger partial charge < -0.3 is 5.32 Å². The van der Waals surface area contributed by atoms with Crippen LogP contribution in [0.25, 0.3) is 0 Å². The lowest BCUT2D eigenvalue weighted by atomic mass is 10.2. The first-order valence-corrected chi connectivity index (χ1v) is 5.43. The van der Waals surface area contributed by atoms with E-state index in [0.29, 0.717) is 6.04 Å². The highest BCUT2D eigenvalue weighted by Crippen LogP contribution is 2.18. The molecule has 0 amide bonds. The number of rotatable bonds is 3. The molecule has 2 rings (SSSR count). The molecule has 13 heavy (non-hydrogen) atoms. The third-order valence-corrected chi connectivity index (χ3v) is 3.30. The first kappa shape index (κ1) is 9.09. The van der Waals surface area contributed by atoms with Crippen molar-refractivity contribution in [2.45, 2.75) is 32.0 Å². The molecule has 1 aromatic rings. The van der Waals surface area contributed by atoms with Crippen molar-refractivity contribution >= 4 is 11.3 Å². The largest absolute Gasteiger partial charge is 0.314 e. The average molecular weight is 200 g/mol. The number of hydrogen-bond acceptors (Lipinski definition) is 3. The van der Waals surface area contributed by atoms with Crippen LogP contribution in [0.5, 0.6) is 0 Å². The maximum Gasteiger partial charge on any atom is 0.125 e. The molecule has 1 saturated heterocycles. The van der Waals surface area contributed by atoms with Crippen LogP contribution >= 0.6 is 11.3 Å². The monoisotopic (exact) mass is 200 g/mol. The Morgan fingerprint density at radius 1 is 1.69 bits per heavy atom. The maximum absolute atomic E-state index is 12.2. The molecule has 0 saturated carbocycles. The average Bonchev–Trinajstić information content (AvgIpc) is 2.76. The van der Waals surface area contributed by atoms with Crippen molar-refractivity contribution in [1.82, 2.24) is 10.3 Å². The Labute approximate surface area is 81.2 Å². The molecule has 1 atom stereocenters. The molecule has 0 aliphatic carbocycles. The highest BCUT2D eigenvalue weighted by Gasteiger charge is 2.15. The molecule has 0 bridgehead atoms. The van der Waals surface area contributed by atoms with Crippen molar-refractivity contribution in [2.75, 3.05) is 6.54 Å². The van der Waals surface area contributed by atoms with Gasteiger partial charge in [-0.15, -0.1) is 11.3 Å². The lowest BCUT2D eigenvalue weighted by Gasteiger charge is -2.05. The van der Waals surface area contributed by atoms with E-state index in [1.807, 2.05) is 0 Å². The van der Waals surface area contributed by atoms with Crippen LogP contribution in [0, 0.1) is 0 Å². The summed E-state index contributed by atoms with van der Waals surface area (Å²) in [5, 5.41) is 4.47. The van der Waals surface area contributed by atoms with Crippen molar-refractivity contribution in [2.24, 2.45) is 0 Å².